The molecule has 0 bridgehead atoms. The van der Waals surface area contributed by atoms with Gasteiger partial charge in [-0.15, -0.1) is 0 Å². The van der Waals surface area contributed by atoms with Crippen molar-refractivity contribution in [3.63, 3.8) is 0 Å². The van der Waals surface area contributed by atoms with E-state index in [-0.39, 0.29) is 27.3 Å². The molecule has 0 aliphatic rings. The van der Waals surface area contributed by atoms with Crippen LogP contribution in [-0.4, -0.2) is 114 Å². The summed E-state index contributed by atoms with van der Waals surface area (Å²) >= 11 is 0. The Bertz CT molecular complexity index is 187. The van der Waals surface area contributed by atoms with Crippen LogP contribution in [0.3, 0.4) is 0 Å². The summed E-state index contributed by atoms with van der Waals surface area (Å²) in [5.41, 5.74) is 0. The van der Waals surface area contributed by atoms with E-state index in [1.54, 1.807) is 21.3 Å². The summed E-state index contributed by atoms with van der Waals surface area (Å²) < 4.78 is 31.4. The summed E-state index contributed by atoms with van der Waals surface area (Å²) in [7, 11) is 5.01. The number of ether oxygens (including phenoxy) is 6. The quantitative estimate of drug-likeness (QED) is 0.185. The minimum absolute atomic E-state index is 0. The molecule has 0 spiro atoms. The predicted octanol–water partition coefficient (Wildman–Crippen LogP) is -4.17. The van der Waals surface area contributed by atoms with Gasteiger partial charge < -0.3 is 28.4 Å². The molecule has 9 heteroatoms. The van der Waals surface area contributed by atoms with Crippen molar-refractivity contribution in [2.45, 2.75) is 0 Å². The Morgan fingerprint density at radius 2 is 0.792 bits per heavy atom. The van der Waals surface area contributed by atoms with E-state index in [9.17, 15) is 0 Å². The molecular weight excluding hydrogens is 308 g/mol. The van der Waals surface area contributed by atoms with Crippen LogP contribution in [0, 0.1) is 0 Å². The van der Waals surface area contributed by atoms with Crippen LogP contribution in [0.5, 0.6) is 0 Å². The van der Waals surface area contributed by atoms with Crippen LogP contribution in [0.25, 0.3) is 0 Å². The predicted molar refractivity (Wildman–Crippen MR) is 95.9 cm³/mol. The number of hydrogen-bond donors (Lipinski definition) is 0. The van der Waals surface area contributed by atoms with Gasteiger partial charge in [-0.25, -0.2) is 0 Å². The van der Waals surface area contributed by atoms with Crippen LogP contribution >= 0.6 is 0 Å². The summed E-state index contributed by atoms with van der Waals surface area (Å²) in [6, 6.07) is 0. The Morgan fingerprint density at radius 3 is 1.04 bits per heavy atom. The molecule has 0 aromatic rings. The average molecular weight is 345 g/mol. The van der Waals surface area contributed by atoms with Crippen LogP contribution in [0.1, 0.15) is 0 Å². The minimum atomic E-state index is 0. The van der Waals surface area contributed by atoms with Gasteiger partial charge in [-0.3, -0.25) is 4.90 Å². The van der Waals surface area contributed by atoms with E-state index < -0.39 is 0 Å². The molecule has 0 N–H and O–H groups in total. The van der Waals surface area contributed by atoms with Crippen molar-refractivity contribution in [1.29, 1.82) is 0 Å². The standard InChI is InChI=1S/C15H33NO6.BH4.Li/c1-17-10-13-20-7-4-16(5-8-21-14-11-18-2)6-9-22-15-12-19-3;;/h4-15H2,1-3H3;1H4;/q;-1;+1. The minimum Gasteiger partial charge on any atom is -0.382 e. The van der Waals surface area contributed by atoms with Crippen LogP contribution in [0.4, 0.5) is 0 Å². The third kappa shape index (κ3) is 22.4. The second kappa shape index (κ2) is 25.6. The van der Waals surface area contributed by atoms with Crippen LogP contribution in [-0.2, 0) is 28.4 Å². The van der Waals surface area contributed by atoms with Gasteiger partial charge in [-0.1, -0.05) is 8.41 Å². The van der Waals surface area contributed by atoms with Gasteiger partial charge in [-0.05, 0) is 0 Å². The van der Waals surface area contributed by atoms with Gasteiger partial charge in [0.2, 0.25) is 0 Å². The maximum atomic E-state index is 5.51. The van der Waals surface area contributed by atoms with Gasteiger partial charge in [0.25, 0.3) is 0 Å². The molecule has 142 valence electrons. The van der Waals surface area contributed by atoms with Crippen molar-refractivity contribution in [3.05, 3.63) is 0 Å². The molecule has 0 radical (unpaired) electrons. The normalized spacial score (nSPS) is 10.5. The molecule has 0 aromatic carbocycles. The summed E-state index contributed by atoms with van der Waals surface area (Å²) in [4.78, 5) is 2.27. The second-order valence-corrected chi connectivity index (χ2v) is 4.66. The molecule has 0 aliphatic heterocycles. The van der Waals surface area contributed by atoms with Gasteiger partial charge >= 0.3 is 18.9 Å². The first-order chi connectivity index (χ1) is 10.8. The van der Waals surface area contributed by atoms with Gasteiger partial charge in [-0.2, -0.15) is 0 Å². The number of hydrogen-bond acceptors (Lipinski definition) is 7. The van der Waals surface area contributed by atoms with Crippen molar-refractivity contribution in [2.75, 3.05) is 100 Å². The van der Waals surface area contributed by atoms with Crippen molar-refractivity contribution in [1.82, 2.24) is 4.90 Å². The molecule has 0 aromatic heterocycles. The van der Waals surface area contributed by atoms with E-state index in [1.807, 2.05) is 0 Å². The molecule has 0 saturated heterocycles. The fourth-order valence-electron chi connectivity index (χ4n) is 1.65. The van der Waals surface area contributed by atoms with E-state index in [1.165, 1.54) is 0 Å². The smallest absolute Gasteiger partial charge is 0.382 e. The molecule has 7 nitrogen and oxygen atoms in total. The summed E-state index contributed by atoms with van der Waals surface area (Å²) in [6.07, 6.45) is 0. The molecule has 0 amide bonds. The van der Waals surface area contributed by atoms with Gasteiger partial charge in [0.1, 0.15) is 0 Å². The molecule has 0 fully saturated rings. The summed E-state index contributed by atoms with van der Waals surface area (Å²) in [5, 5.41) is 0. The Balaban J connectivity index is -0.00000220. The van der Waals surface area contributed by atoms with Gasteiger partial charge in [0.05, 0.1) is 59.5 Å². The Labute approximate surface area is 161 Å². The zero-order chi connectivity index (χ0) is 16.3. The molecular formula is C15H37BLiNO6. The largest absolute Gasteiger partial charge is 1.00 e. The van der Waals surface area contributed by atoms with E-state index >= 15 is 0 Å². The topological polar surface area (TPSA) is 58.6 Å². The monoisotopic (exact) mass is 345 g/mol. The van der Waals surface area contributed by atoms with Gasteiger partial charge in [0, 0.05) is 41.0 Å². The Kier molecular flexibility index (Phi) is 31.1. The SMILES string of the molecule is COCCOCCN(CCOCCOC)CCOCCOC.[BH4-].[Li+]. The molecule has 0 unspecified atom stereocenters. The molecule has 0 heterocycles. The summed E-state index contributed by atoms with van der Waals surface area (Å²) in [5.74, 6) is 0. The van der Waals surface area contributed by atoms with E-state index in [4.69, 9.17) is 28.4 Å². The first kappa shape index (κ1) is 29.2. The van der Waals surface area contributed by atoms with E-state index in [0.29, 0.717) is 59.5 Å². The molecule has 0 rings (SSSR count). The van der Waals surface area contributed by atoms with Crippen molar-refractivity contribution in [2.24, 2.45) is 0 Å². The molecule has 0 aliphatic carbocycles. The van der Waals surface area contributed by atoms with E-state index in [2.05, 4.69) is 4.90 Å². The van der Waals surface area contributed by atoms with Crippen molar-refractivity contribution < 1.29 is 47.3 Å². The third-order valence-electron chi connectivity index (χ3n) is 2.95. The van der Waals surface area contributed by atoms with Crippen LogP contribution in [0.15, 0.2) is 0 Å². The maximum absolute atomic E-state index is 5.51. The third-order valence-corrected chi connectivity index (χ3v) is 2.95. The number of nitrogens with zero attached hydrogens (tertiary/aromatic N) is 1. The second-order valence-electron chi connectivity index (χ2n) is 4.66. The van der Waals surface area contributed by atoms with Crippen molar-refractivity contribution in [3.8, 4) is 0 Å². The van der Waals surface area contributed by atoms with Crippen molar-refractivity contribution >= 4 is 8.41 Å². The Hall–Kier alpha value is 0.382. The first-order valence-corrected chi connectivity index (χ1v) is 7.77. The molecule has 0 saturated carbocycles. The average Bonchev–Trinajstić information content (AvgIpc) is 2.53. The first-order valence-electron chi connectivity index (χ1n) is 7.77. The zero-order valence-corrected chi connectivity index (χ0v) is 15.4. The number of rotatable bonds is 18. The fourth-order valence-corrected chi connectivity index (χ4v) is 1.65. The molecule has 0 atom stereocenters. The fraction of sp³-hybridized carbons (Fsp3) is 1.00. The molecule has 24 heavy (non-hydrogen) atoms. The Morgan fingerprint density at radius 1 is 0.500 bits per heavy atom. The van der Waals surface area contributed by atoms with Gasteiger partial charge in [0.15, 0.2) is 0 Å². The van der Waals surface area contributed by atoms with Crippen LogP contribution in [0.2, 0.25) is 0 Å². The summed E-state index contributed by atoms with van der Waals surface area (Å²) in [6.45, 7) is 8.34. The van der Waals surface area contributed by atoms with Crippen LogP contribution < -0.4 is 18.9 Å². The number of methoxy groups -OCH3 is 3. The van der Waals surface area contributed by atoms with E-state index in [0.717, 1.165) is 19.6 Å². The maximum Gasteiger partial charge on any atom is 1.00 e. The zero-order valence-electron chi connectivity index (χ0n) is 15.4.